The lowest BCUT2D eigenvalue weighted by atomic mass is 10.2. The molecule has 3 aromatic rings. The van der Waals surface area contributed by atoms with E-state index in [4.69, 9.17) is 16.7 Å². The standard InChI is InChI=1S/C17H17ClN2O/c18-14-9-7-13(8-10-14)12-20-16-5-2-1-4-15(16)19-17(20)6-3-11-21/h1-2,4-5,7-10,21H,3,6,11-12H2. The molecule has 1 aromatic heterocycles. The third-order valence-electron chi connectivity index (χ3n) is 3.55. The van der Waals surface area contributed by atoms with E-state index in [-0.39, 0.29) is 6.61 Å². The van der Waals surface area contributed by atoms with Gasteiger partial charge in [-0.1, -0.05) is 35.9 Å². The number of aryl methyl sites for hydroxylation is 1. The van der Waals surface area contributed by atoms with Gasteiger partial charge >= 0.3 is 0 Å². The first-order valence-electron chi connectivity index (χ1n) is 7.07. The molecule has 0 saturated heterocycles. The molecule has 0 aliphatic heterocycles. The molecule has 3 nitrogen and oxygen atoms in total. The largest absolute Gasteiger partial charge is 0.396 e. The Morgan fingerprint density at radius 2 is 1.81 bits per heavy atom. The Morgan fingerprint density at radius 3 is 2.57 bits per heavy atom. The summed E-state index contributed by atoms with van der Waals surface area (Å²) in [7, 11) is 0. The average Bonchev–Trinajstić information content (AvgIpc) is 2.85. The average molecular weight is 301 g/mol. The van der Waals surface area contributed by atoms with E-state index in [9.17, 15) is 0 Å². The van der Waals surface area contributed by atoms with Crippen LogP contribution in [0.15, 0.2) is 48.5 Å². The van der Waals surface area contributed by atoms with Crippen molar-refractivity contribution in [2.75, 3.05) is 6.61 Å². The Balaban J connectivity index is 1.99. The second-order valence-corrected chi connectivity index (χ2v) is 5.49. The lowest BCUT2D eigenvalue weighted by Crippen LogP contribution is -2.06. The minimum absolute atomic E-state index is 0.185. The number of fused-ring (bicyclic) bond motifs is 1. The predicted molar refractivity (Wildman–Crippen MR) is 85.7 cm³/mol. The highest BCUT2D eigenvalue weighted by Crippen LogP contribution is 2.19. The van der Waals surface area contributed by atoms with Gasteiger partial charge < -0.3 is 9.67 Å². The second kappa shape index (κ2) is 6.29. The Kier molecular flexibility index (Phi) is 4.23. The van der Waals surface area contributed by atoms with Crippen LogP contribution in [-0.4, -0.2) is 21.3 Å². The molecule has 0 amide bonds. The smallest absolute Gasteiger partial charge is 0.110 e. The van der Waals surface area contributed by atoms with Crippen molar-refractivity contribution in [1.82, 2.24) is 9.55 Å². The number of aliphatic hydroxyl groups is 1. The predicted octanol–water partition coefficient (Wildman–Crippen LogP) is 3.66. The first kappa shape index (κ1) is 14.1. The van der Waals surface area contributed by atoms with Gasteiger partial charge in [0, 0.05) is 24.6 Å². The Morgan fingerprint density at radius 1 is 1.05 bits per heavy atom. The Bertz CT molecular complexity index is 734. The van der Waals surface area contributed by atoms with Crippen LogP contribution in [0.2, 0.25) is 5.02 Å². The number of nitrogens with zero attached hydrogens (tertiary/aromatic N) is 2. The maximum Gasteiger partial charge on any atom is 0.110 e. The molecule has 0 aliphatic rings. The molecule has 1 N–H and O–H groups in total. The Labute approximate surface area is 128 Å². The number of halogens is 1. The number of hydrogen-bond acceptors (Lipinski definition) is 2. The van der Waals surface area contributed by atoms with Gasteiger partial charge in [0.15, 0.2) is 0 Å². The minimum Gasteiger partial charge on any atom is -0.396 e. The topological polar surface area (TPSA) is 38.1 Å². The van der Waals surface area contributed by atoms with E-state index in [1.165, 1.54) is 5.56 Å². The van der Waals surface area contributed by atoms with Gasteiger partial charge in [0.2, 0.25) is 0 Å². The summed E-state index contributed by atoms with van der Waals surface area (Å²) in [6, 6.07) is 16.0. The summed E-state index contributed by atoms with van der Waals surface area (Å²) in [5, 5.41) is 9.81. The van der Waals surface area contributed by atoms with Gasteiger partial charge in [-0.25, -0.2) is 4.98 Å². The van der Waals surface area contributed by atoms with Crippen LogP contribution in [0.25, 0.3) is 11.0 Å². The van der Waals surface area contributed by atoms with Crippen molar-refractivity contribution in [2.45, 2.75) is 19.4 Å². The number of aromatic nitrogens is 2. The molecule has 0 unspecified atom stereocenters. The number of para-hydroxylation sites is 2. The molecule has 21 heavy (non-hydrogen) atoms. The Hall–Kier alpha value is -1.84. The molecule has 1 heterocycles. The van der Waals surface area contributed by atoms with Gasteiger partial charge in [-0.2, -0.15) is 0 Å². The van der Waals surface area contributed by atoms with Gasteiger partial charge in [-0.3, -0.25) is 0 Å². The van der Waals surface area contributed by atoms with Crippen molar-refractivity contribution in [3.8, 4) is 0 Å². The molecule has 2 aromatic carbocycles. The van der Waals surface area contributed by atoms with Crippen LogP contribution in [0.4, 0.5) is 0 Å². The SMILES string of the molecule is OCCCc1nc2ccccc2n1Cc1ccc(Cl)cc1. The fraction of sp³-hybridized carbons (Fsp3) is 0.235. The highest BCUT2D eigenvalue weighted by molar-refractivity contribution is 6.30. The normalized spacial score (nSPS) is 11.1. The number of aliphatic hydroxyl groups excluding tert-OH is 1. The van der Waals surface area contributed by atoms with E-state index in [2.05, 4.69) is 15.6 Å². The van der Waals surface area contributed by atoms with Crippen molar-refractivity contribution in [3.63, 3.8) is 0 Å². The summed E-state index contributed by atoms with van der Waals surface area (Å²) in [5.41, 5.74) is 3.31. The van der Waals surface area contributed by atoms with E-state index in [1.54, 1.807) is 0 Å². The molecule has 108 valence electrons. The van der Waals surface area contributed by atoms with Gasteiger partial charge in [0.1, 0.15) is 5.82 Å². The van der Waals surface area contributed by atoms with Crippen LogP contribution in [-0.2, 0) is 13.0 Å². The molecule has 0 saturated carbocycles. The van der Waals surface area contributed by atoms with E-state index >= 15 is 0 Å². The molecule has 0 bridgehead atoms. The molecular weight excluding hydrogens is 284 g/mol. The lowest BCUT2D eigenvalue weighted by Gasteiger charge is -2.09. The van der Waals surface area contributed by atoms with Gasteiger partial charge in [-0.05, 0) is 36.2 Å². The summed E-state index contributed by atoms with van der Waals surface area (Å²) >= 11 is 5.94. The number of rotatable bonds is 5. The third-order valence-corrected chi connectivity index (χ3v) is 3.80. The summed E-state index contributed by atoms with van der Waals surface area (Å²) < 4.78 is 2.22. The summed E-state index contributed by atoms with van der Waals surface area (Å²) in [5.74, 6) is 1.01. The fourth-order valence-corrected chi connectivity index (χ4v) is 2.63. The highest BCUT2D eigenvalue weighted by Gasteiger charge is 2.10. The molecule has 3 rings (SSSR count). The van der Waals surface area contributed by atoms with E-state index in [0.29, 0.717) is 0 Å². The zero-order valence-electron chi connectivity index (χ0n) is 11.7. The second-order valence-electron chi connectivity index (χ2n) is 5.06. The molecule has 0 atom stereocenters. The van der Waals surface area contributed by atoms with Crippen LogP contribution in [0.3, 0.4) is 0 Å². The van der Waals surface area contributed by atoms with Gasteiger partial charge in [-0.15, -0.1) is 0 Å². The minimum atomic E-state index is 0.185. The van der Waals surface area contributed by atoms with Crippen LogP contribution in [0.1, 0.15) is 17.8 Å². The monoisotopic (exact) mass is 300 g/mol. The van der Waals surface area contributed by atoms with Crippen LogP contribution in [0, 0.1) is 0 Å². The molecule has 4 heteroatoms. The maximum absolute atomic E-state index is 9.06. The first-order valence-corrected chi connectivity index (χ1v) is 7.45. The molecule has 0 spiro atoms. The van der Waals surface area contributed by atoms with Gasteiger partial charge in [0.25, 0.3) is 0 Å². The van der Waals surface area contributed by atoms with Crippen molar-refractivity contribution >= 4 is 22.6 Å². The quantitative estimate of drug-likeness (QED) is 0.781. The van der Waals surface area contributed by atoms with Crippen LogP contribution < -0.4 is 0 Å². The van der Waals surface area contributed by atoms with Gasteiger partial charge in [0.05, 0.1) is 11.0 Å². The number of imidazole rings is 1. The van der Waals surface area contributed by atoms with Crippen LogP contribution >= 0.6 is 11.6 Å². The summed E-state index contributed by atoms with van der Waals surface area (Å²) in [6.07, 6.45) is 1.50. The van der Waals surface area contributed by atoms with Crippen molar-refractivity contribution in [2.24, 2.45) is 0 Å². The number of benzene rings is 2. The van der Waals surface area contributed by atoms with Crippen molar-refractivity contribution in [1.29, 1.82) is 0 Å². The van der Waals surface area contributed by atoms with Crippen molar-refractivity contribution < 1.29 is 5.11 Å². The maximum atomic E-state index is 9.06. The van der Waals surface area contributed by atoms with E-state index in [0.717, 1.165) is 41.3 Å². The fourth-order valence-electron chi connectivity index (χ4n) is 2.50. The van der Waals surface area contributed by atoms with Crippen LogP contribution in [0.5, 0.6) is 0 Å². The third kappa shape index (κ3) is 3.09. The molecule has 0 radical (unpaired) electrons. The zero-order valence-corrected chi connectivity index (χ0v) is 12.4. The van der Waals surface area contributed by atoms with Crippen molar-refractivity contribution in [3.05, 3.63) is 64.9 Å². The summed E-state index contributed by atoms with van der Waals surface area (Å²) in [4.78, 5) is 4.69. The van der Waals surface area contributed by atoms with E-state index < -0.39 is 0 Å². The highest BCUT2D eigenvalue weighted by atomic mass is 35.5. The molecule has 0 aliphatic carbocycles. The zero-order chi connectivity index (χ0) is 14.7. The lowest BCUT2D eigenvalue weighted by molar-refractivity contribution is 0.287. The molecule has 0 fully saturated rings. The number of hydrogen-bond donors (Lipinski definition) is 1. The molecular formula is C17H17ClN2O. The first-order chi connectivity index (χ1) is 10.3. The van der Waals surface area contributed by atoms with E-state index in [1.807, 2.05) is 42.5 Å². The summed E-state index contributed by atoms with van der Waals surface area (Å²) in [6.45, 7) is 0.947.